The molecule has 0 N–H and O–H groups in total. The standard InChI is InChI=1S/C19H21NO/c1-14-9-11-16(12-10-14)20-17(13-19(2,3)18(20)21)15-7-5-4-6-8-15/h4-12,17H,13H2,1-3H3. The molecule has 1 fully saturated rings. The Morgan fingerprint density at radius 2 is 1.62 bits per heavy atom. The molecule has 1 atom stereocenters. The molecule has 0 aliphatic carbocycles. The molecule has 1 heterocycles. The zero-order valence-corrected chi connectivity index (χ0v) is 12.8. The fourth-order valence-corrected chi connectivity index (χ4v) is 3.07. The van der Waals surface area contributed by atoms with E-state index in [2.05, 4.69) is 31.2 Å². The Labute approximate surface area is 126 Å². The summed E-state index contributed by atoms with van der Waals surface area (Å²) in [4.78, 5) is 14.8. The first-order valence-electron chi connectivity index (χ1n) is 7.44. The summed E-state index contributed by atoms with van der Waals surface area (Å²) in [5, 5.41) is 0. The van der Waals surface area contributed by atoms with E-state index in [1.807, 2.05) is 49.1 Å². The first-order valence-corrected chi connectivity index (χ1v) is 7.44. The van der Waals surface area contributed by atoms with Gasteiger partial charge in [-0.3, -0.25) is 4.79 Å². The third-order valence-electron chi connectivity index (χ3n) is 4.31. The Balaban J connectivity index is 2.05. The summed E-state index contributed by atoms with van der Waals surface area (Å²) >= 11 is 0. The SMILES string of the molecule is Cc1ccc(N2C(=O)C(C)(C)CC2c2ccccc2)cc1. The lowest BCUT2D eigenvalue weighted by molar-refractivity contribution is -0.124. The number of anilines is 1. The average Bonchev–Trinajstić information content (AvgIpc) is 2.72. The summed E-state index contributed by atoms with van der Waals surface area (Å²) in [6.45, 7) is 6.15. The van der Waals surface area contributed by atoms with Gasteiger partial charge in [0.25, 0.3) is 0 Å². The fourth-order valence-electron chi connectivity index (χ4n) is 3.07. The molecule has 2 aromatic rings. The zero-order chi connectivity index (χ0) is 15.0. The van der Waals surface area contributed by atoms with Crippen LogP contribution >= 0.6 is 0 Å². The molecule has 0 spiro atoms. The second-order valence-electron chi connectivity index (χ2n) is 6.53. The van der Waals surface area contributed by atoms with Crippen molar-refractivity contribution in [2.45, 2.75) is 33.2 Å². The largest absolute Gasteiger partial charge is 0.304 e. The molecule has 2 aromatic carbocycles. The summed E-state index contributed by atoms with van der Waals surface area (Å²) in [6, 6.07) is 18.7. The predicted octanol–water partition coefficient (Wildman–Crippen LogP) is 4.50. The molecule has 1 aliphatic rings. The fraction of sp³-hybridized carbons (Fsp3) is 0.316. The van der Waals surface area contributed by atoms with E-state index in [1.165, 1.54) is 11.1 Å². The van der Waals surface area contributed by atoms with Crippen molar-refractivity contribution < 1.29 is 4.79 Å². The normalized spacial score (nSPS) is 20.8. The second kappa shape index (κ2) is 5.03. The number of aryl methyl sites for hydroxylation is 1. The van der Waals surface area contributed by atoms with Crippen LogP contribution in [0, 0.1) is 12.3 Å². The molecule has 21 heavy (non-hydrogen) atoms. The van der Waals surface area contributed by atoms with Gasteiger partial charge in [0.15, 0.2) is 0 Å². The number of carbonyl (C=O) groups is 1. The van der Waals surface area contributed by atoms with E-state index in [0.717, 1.165) is 12.1 Å². The van der Waals surface area contributed by atoms with Crippen LogP contribution in [0.5, 0.6) is 0 Å². The lowest BCUT2D eigenvalue weighted by Crippen LogP contribution is -2.32. The summed E-state index contributed by atoms with van der Waals surface area (Å²) in [7, 11) is 0. The molecule has 1 saturated heterocycles. The van der Waals surface area contributed by atoms with Crippen LogP contribution in [0.25, 0.3) is 0 Å². The third-order valence-corrected chi connectivity index (χ3v) is 4.31. The maximum absolute atomic E-state index is 12.8. The van der Waals surface area contributed by atoms with Gasteiger partial charge < -0.3 is 4.90 Å². The predicted molar refractivity (Wildman–Crippen MR) is 86.2 cm³/mol. The van der Waals surface area contributed by atoms with E-state index in [1.54, 1.807) is 0 Å². The van der Waals surface area contributed by atoms with Gasteiger partial charge in [-0.1, -0.05) is 61.9 Å². The highest BCUT2D eigenvalue weighted by atomic mass is 16.2. The van der Waals surface area contributed by atoms with E-state index in [4.69, 9.17) is 0 Å². The van der Waals surface area contributed by atoms with Gasteiger partial charge in [-0.2, -0.15) is 0 Å². The maximum Gasteiger partial charge on any atom is 0.233 e. The molecule has 0 aromatic heterocycles. The third kappa shape index (κ3) is 2.46. The van der Waals surface area contributed by atoms with Crippen molar-refractivity contribution in [2.24, 2.45) is 5.41 Å². The smallest absolute Gasteiger partial charge is 0.233 e. The molecule has 1 aliphatic heterocycles. The van der Waals surface area contributed by atoms with Gasteiger partial charge in [0.2, 0.25) is 5.91 Å². The van der Waals surface area contributed by atoms with Crippen LogP contribution in [0.15, 0.2) is 54.6 Å². The van der Waals surface area contributed by atoms with E-state index in [0.29, 0.717) is 0 Å². The summed E-state index contributed by atoms with van der Waals surface area (Å²) in [5.74, 6) is 0.209. The van der Waals surface area contributed by atoms with Crippen molar-refractivity contribution >= 4 is 11.6 Å². The van der Waals surface area contributed by atoms with E-state index < -0.39 is 0 Å². The maximum atomic E-state index is 12.8. The van der Waals surface area contributed by atoms with Crippen LogP contribution in [-0.2, 0) is 4.79 Å². The van der Waals surface area contributed by atoms with E-state index in [-0.39, 0.29) is 17.4 Å². The minimum atomic E-state index is -0.314. The van der Waals surface area contributed by atoms with Gasteiger partial charge in [0.05, 0.1) is 6.04 Å². The Bertz CT molecular complexity index is 643. The molecule has 1 amide bonds. The first-order chi connectivity index (χ1) is 9.99. The molecule has 1 unspecified atom stereocenters. The molecule has 3 rings (SSSR count). The van der Waals surface area contributed by atoms with Crippen molar-refractivity contribution in [3.63, 3.8) is 0 Å². The number of hydrogen-bond donors (Lipinski definition) is 0. The highest BCUT2D eigenvalue weighted by Gasteiger charge is 2.46. The monoisotopic (exact) mass is 279 g/mol. The highest BCUT2D eigenvalue weighted by molar-refractivity contribution is 6.00. The highest BCUT2D eigenvalue weighted by Crippen LogP contribution is 2.45. The molecule has 0 bridgehead atoms. The molecule has 0 radical (unpaired) electrons. The number of amides is 1. The molecular formula is C19H21NO. The van der Waals surface area contributed by atoms with Crippen LogP contribution in [-0.4, -0.2) is 5.91 Å². The Hall–Kier alpha value is -2.09. The van der Waals surface area contributed by atoms with Crippen LogP contribution in [0.1, 0.15) is 37.4 Å². The van der Waals surface area contributed by atoms with E-state index in [9.17, 15) is 4.79 Å². The Morgan fingerprint density at radius 3 is 2.24 bits per heavy atom. The lowest BCUT2D eigenvalue weighted by Gasteiger charge is -2.25. The molecule has 0 saturated carbocycles. The molecular weight excluding hydrogens is 258 g/mol. The van der Waals surface area contributed by atoms with Gasteiger partial charge in [-0.15, -0.1) is 0 Å². The number of carbonyl (C=O) groups excluding carboxylic acids is 1. The second-order valence-corrected chi connectivity index (χ2v) is 6.53. The summed E-state index contributed by atoms with van der Waals surface area (Å²) < 4.78 is 0. The first kappa shape index (κ1) is 13.9. The van der Waals surface area contributed by atoms with E-state index >= 15 is 0 Å². The number of rotatable bonds is 2. The van der Waals surface area contributed by atoms with Crippen LogP contribution in [0.4, 0.5) is 5.69 Å². The zero-order valence-electron chi connectivity index (χ0n) is 12.8. The van der Waals surface area contributed by atoms with Gasteiger partial charge in [-0.25, -0.2) is 0 Å². The van der Waals surface area contributed by atoms with Crippen molar-refractivity contribution in [1.82, 2.24) is 0 Å². The molecule has 108 valence electrons. The van der Waals surface area contributed by atoms with Crippen LogP contribution < -0.4 is 4.90 Å². The van der Waals surface area contributed by atoms with Crippen molar-refractivity contribution in [2.75, 3.05) is 4.90 Å². The Kier molecular flexibility index (Phi) is 3.32. The summed E-state index contributed by atoms with van der Waals surface area (Å²) in [5.41, 5.74) is 3.09. The number of hydrogen-bond acceptors (Lipinski definition) is 1. The molecule has 2 nitrogen and oxygen atoms in total. The Morgan fingerprint density at radius 1 is 1.00 bits per heavy atom. The van der Waals surface area contributed by atoms with Gasteiger partial charge in [0, 0.05) is 11.1 Å². The minimum absolute atomic E-state index is 0.122. The van der Waals surface area contributed by atoms with Crippen LogP contribution in [0.3, 0.4) is 0 Å². The lowest BCUT2D eigenvalue weighted by atomic mass is 9.88. The van der Waals surface area contributed by atoms with Crippen molar-refractivity contribution in [1.29, 1.82) is 0 Å². The number of benzene rings is 2. The van der Waals surface area contributed by atoms with Crippen molar-refractivity contribution in [3.8, 4) is 0 Å². The summed E-state index contributed by atoms with van der Waals surface area (Å²) in [6.07, 6.45) is 0.851. The van der Waals surface area contributed by atoms with Crippen molar-refractivity contribution in [3.05, 3.63) is 65.7 Å². The van der Waals surface area contributed by atoms with Gasteiger partial charge in [-0.05, 0) is 31.0 Å². The average molecular weight is 279 g/mol. The topological polar surface area (TPSA) is 20.3 Å². The van der Waals surface area contributed by atoms with Gasteiger partial charge >= 0.3 is 0 Å². The molecule has 2 heteroatoms. The minimum Gasteiger partial charge on any atom is -0.304 e. The van der Waals surface area contributed by atoms with Crippen LogP contribution in [0.2, 0.25) is 0 Å². The quantitative estimate of drug-likeness (QED) is 0.792. The van der Waals surface area contributed by atoms with Gasteiger partial charge in [0.1, 0.15) is 0 Å². The number of nitrogens with zero attached hydrogens (tertiary/aromatic N) is 1.